The van der Waals surface area contributed by atoms with Gasteiger partial charge >= 0.3 is 0 Å². The van der Waals surface area contributed by atoms with E-state index in [0.29, 0.717) is 11.3 Å². The second-order valence-corrected chi connectivity index (χ2v) is 6.53. The van der Waals surface area contributed by atoms with E-state index in [1.54, 1.807) is 13.0 Å². The minimum Gasteiger partial charge on any atom is -0.505 e. The zero-order chi connectivity index (χ0) is 21.7. The molecule has 0 aliphatic rings. The van der Waals surface area contributed by atoms with Gasteiger partial charge in [-0.1, -0.05) is 17.7 Å². The molecule has 0 aromatic heterocycles. The summed E-state index contributed by atoms with van der Waals surface area (Å²) < 4.78 is 13.3. The molecule has 5 N–H and O–H groups in total. The third kappa shape index (κ3) is 5.13. The molecule has 2 rings (SSSR count). The predicted octanol–water partition coefficient (Wildman–Crippen LogP) is 2.67. The highest BCUT2D eigenvalue weighted by Crippen LogP contribution is 2.33. The van der Waals surface area contributed by atoms with Crippen LogP contribution in [0, 0.1) is 19.3 Å². The van der Waals surface area contributed by atoms with Crippen molar-refractivity contribution >= 4 is 34.8 Å². The molecule has 0 saturated heterocycles. The molecule has 0 aliphatic carbocycles. The monoisotopic (exact) mass is 420 g/mol. The van der Waals surface area contributed by atoms with Crippen LogP contribution < -0.4 is 16.2 Å². The number of aliphatic hydroxyl groups excluding tert-OH is 1. The SMILES string of the molecule is [C-]#[N+]c1ccc(N[C@@H](C(=O)NNC(=O)c2ccc(O)c(F)c2)[C@H](C)O)c(C)c1Cl. The molecular formula is C19H18ClFN4O4. The molecule has 0 aliphatic heterocycles. The molecule has 0 unspecified atom stereocenters. The first kappa shape index (κ1) is 21.9. The van der Waals surface area contributed by atoms with Crippen LogP contribution in [-0.4, -0.2) is 34.2 Å². The number of nitrogens with zero attached hydrogens (tertiary/aromatic N) is 1. The number of hydrogen-bond acceptors (Lipinski definition) is 5. The first-order chi connectivity index (χ1) is 13.6. The molecule has 0 saturated carbocycles. The van der Waals surface area contributed by atoms with Crippen molar-refractivity contribution in [2.45, 2.75) is 26.0 Å². The van der Waals surface area contributed by atoms with E-state index in [1.807, 2.05) is 0 Å². The Morgan fingerprint density at radius 1 is 1.24 bits per heavy atom. The van der Waals surface area contributed by atoms with Crippen molar-refractivity contribution < 1.29 is 24.2 Å². The number of aromatic hydroxyl groups is 1. The van der Waals surface area contributed by atoms with Crippen molar-refractivity contribution in [1.29, 1.82) is 0 Å². The van der Waals surface area contributed by atoms with Gasteiger partial charge in [0.15, 0.2) is 11.6 Å². The zero-order valence-corrected chi connectivity index (χ0v) is 16.2. The quantitative estimate of drug-likeness (QED) is 0.377. The highest BCUT2D eigenvalue weighted by atomic mass is 35.5. The summed E-state index contributed by atoms with van der Waals surface area (Å²) in [5, 5.41) is 22.2. The first-order valence-electron chi connectivity index (χ1n) is 8.35. The van der Waals surface area contributed by atoms with Crippen LogP contribution in [0.2, 0.25) is 5.02 Å². The number of carbonyl (C=O) groups is 2. The highest BCUT2D eigenvalue weighted by Gasteiger charge is 2.25. The van der Waals surface area contributed by atoms with E-state index in [-0.39, 0.29) is 16.3 Å². The van der Waals surface area contributed by atoms with E-state index in [0.717, 1.165) is 12.1 Å². The molecule has 2 atom stereocenters. The van der Waals surface area contributed by atoms with Gasteiger partial charge in [0.1, 0.15) is 6.04 Å². The van der Waals surface area contributed by atoms with E-state index >= 15 is 0 Å². The summed E-state index contributed by atoms with van der Waals surface area (Å²) in [6, 6.07) is 4.85. The van der Waals surface area contributed by atoms with Gasteiger partial charge in [-0.25, -0.2) is 9.24 Å². The number of anilines is 1. The topological polar surface area (TPSA) is 115 Å². The lowest BCUT2D eigenvalue weighted by atomic mass is 10.1. The van der Waals surface area contributed by atoms with Gasteiger partial charge in [-0.05, 0) is 43.7 Å². The number of amides is 2. The number of aliphatic hydroxyl groups is 1. The summed E-state index contributed by atoms with van der Waals surface area (Å²) in [5.74, 6) is -3.18. The Morgan fingerprint density at radius 3 is 2.52 bits per heavy atom. The number of hydrazine groups is 1. The minimum atomic E-state index is -1.17. The van der Waals surface area contributed by atoms with Crippen LogP contribution in [-0.2, 0) is 4.79 Å². The smallest absolute Gasteiger partial charge is 0.269 e. The lowest BCUT2D eigenvalue weighted by molar-refractivity contribution is -0.124. The second-order valence-electron chi connectivity index (χ2n) is 6.16. The highest BCUT2D eigenvalue weighted by molar-refractivity contribution is 6.34. The van der Waals surface area contributed by atoms with E-state index in [2.05, 4.69) is 21.0 Å². The third-order valence-electron chi connectivity index (χ3n) is 4.07. The number of rotatable bonds is 5. The Hall–Kier alpha value is -3.35. The zero-order valence-electron chi connectivity index (χ0n) is 15.5. The summed E-state index contributed by atoms with van der Waals surface area (Å²) in [4.78, 5) is 27.7. The van der Waals surface area contributed by atoms with Gasteiger partial charge in [-0.2, -0.15) is 0 Å². The van der Waals surface area contributed by atoms with Gasteiger partial charge in [0.05, 0.1) is 17.7 Å². The maximum Gasteiger partial charge on any atom is 0.269 e. The molecule has 0 bridgehead atoms. The molecule has 10 heteroatoms. The summed E-state index contributed by atoms with van der Waals surface area (Å²) >= 11 is 6.11. The van der Waals surface area contributed by atoms with Gasteiger partial charge in [0.25, 0.3) is 11.8 Å². The van der Waals surface area contributed by atoms with Crippen molar-refractivity contribution in [3.05, 3.63) is 63.7 Å². The fourth-order valence-electron chi connectivity index (χ4n) is 2.40. The normalized spacial score (nSPS) is 12.4. The number of carbonyl (C=O) groups excluding carboxylic acids is 2. The number of hydrogen-bond donors (Lipinski definition) is 5. The van der Waals surface area contributed by atoms with E-state index in [9.17, 15) is 19.1 Å². The maximum absolute atomic E-state index is 13.3. The maximum atomic E-state index is 13.3. The van der Waals surface area contributed by atoms with Crippen LogP contribution in [0.5, 0.6) is 5.75 Å². The first-order valence-corrected chi connectivity index (χ1v) is 8.73. The van der Waals surface area contributed by atoms with Crippen LogP contribution >= 0.6 is 11.6 Å². The molecule has 0 spiro atoms. The predicted molar refractivity (Wildman–Crippen MR) is 105 cm³/mol. The molecule has 8 nitrogen and oxygen atoms in total. The lowest BCUT2D eigenvalue weighted by Crippen LogP contribution is -2.52. The van der Waals surface area contributed by atoms with E-state index in [4.69, 9.17) is 23.3 Å². The second kappa shape index (κ2) is 9.23. The molecule has 2 amide bonds. The Morgan fingerprint density at radius 2 is 1.93 bits per heavy atom. The third-order valence-corrected chi connectivity index (χ3v) is 4.55. The van der Waals surface area contributed by atoms with Gasteiger partial charge in [-0.3, -0.25) is 20.4 Å². The minimum absolute atomic E-state index is 0.125. The number of benzene rings is 2. The van der Waals surface area contributed by atoms with Crippen molar-refractivity contribution in [3.8, 4) is 5.75 Å². The van der Waals surface area contributed by atoms with Gasteiger partial charge in [0, 0.05) is 11.3 Å². The average molecular weight is 421 g/mol. The summed E-state index contributed by atoms with van der Waals surface area (Å²) in [5.41, 5.74) is 5.32. The molecular weight excluding hydrogens is 403 g/mol. The number of halogens is 2. The van der Waals surface area contributed by atoms with Crippen LogP contribution in [0.15, 0.2) is 30.3 Å². The Kier molecular flexibility index (Phi) is 6.98. The lowest BCUT2D eigenvalue weighted by Gasteiger charge is -2.23. The number of phenols is 1. The molecule has 152 valence electrons. The number of phenolic OH excluding ortho intramolecular Hbond substituents is 1. The van der Waals surface area contributed by atoms with Crippen LogP contribution in [0.1, 0.15) is 22.8 Å². The van der Waals surface area contributed by atoms with Gasteiger partial charge in [-0.15, -0.1) is 0 Å². The average Bonchev–Trinajstić information content (AvgIpc) is 2.68. The Balaban J connectivity index is 2.10. The van der Waals surface area contributed by atoms with Crippen molar-refractivity contribution in [1.82, 2.24) is 10.9 Å². The molecule has 0 heterocycles. The molecule has 2 aromatic rings. The van der Waals surface area contributed by atoms with Crippen LogP contribution in [0.3, 0.4) is 0 Å². The molecule has 0 radical (unpaired) electrons. The molecule has 2 aromatic carbocycles. The Labute approximate surface area is 171 Å². The van der Waals surface area contributed by atoms with Crippen LogP contribution in [0.4, 0.5) is 15.8 Å². The summed E-state index contributed by atoms with van der Waals surface area (Å²) in [7, 11) is 0. The largest absolute Gasteiger partial charge is 0.505 e. The molecule has 0 fully saturated rings. The number of nitrogens with one attached hydrogen (secondary N) is 3. The van der Waals surface area contributed by atoms with Gasteiger partial charge in [0.2, 0.25) is 5.69 Å². The van der Waals surface area contributed by atoms with Crippen molar-refractivity contribution in [2.75, 3.05) is 5.32 Å². The van der Waals surface area contributed by atoms with E-state index in [1.165, 1.54) is 19.1 Å². The van der Waals surface area contributed by atoms with E-state index < -0.39 is 35.5 Å². The summed E-state index contributed by atoms with van der Waals surface area (Å²) in [6.45, 7) is 10.1. The summed E-state index contributed by atoms with van der Waals surface area (Å²) in [6.07, 6.45) is -1.16. The molecule has 29 heavy (non-hydrogen) atoms. The standard InChI is InChI=1S/C19H18ClFN4O4/c1-9-13(5-6-14(22-3)16(9)20)23-17(10(2)26)19(29)25-24-18(28)11-4-7-15(27)12(21)8-11/h4-8,10,17,23,26-27H,1-2H3,(H,24,28)(H,25,29)/t10-,17+/m0/s1. The fourth-order valence-corrected chi connectivity index (χ4v) is 2.61. The fraction of sp³-hybridized carbons (Fsp3) is 0.211. The van der Waals surface area contributed by atoms with Crippen LogP contribution in [0.25, 0.3) is 4.85 Å². The van der Waals surface area contributed by atoms with Gasteiger partial charge < -0.3 is 15.5 Å². The Bertz CT molecular complexity index is 991. The van der Waals surface area contributed by atoms with Crippen molar-refractivity contribution in [3.63, 3.8) is 0 Å². The van der Waals surface area contributed by atoms with Crippen molar-refractivity contribution in [2.24, 2.45) is 0 Å².